The molecule has 0 saturated carbocycles. The van der Waals surface area contributed by atoms with Gasteiger partial charge in [-0.3, -0.25) is 25.8 Å². The molecule has 10 nitrogen and oxygen atoms in total. The summed E-state index contributed by atoms with van der Waals surface area (Å²) in [6, 6.07) is 11.8. The molecule has 0 fully saturated rings. The zero-order valence-corrected chi connectivity index (χ0v) is 18.5. The van der Waals surface area contributed by atoms with E-state index in [2.05, 4.69) is 16.2 Å². The minimum Gasteiger partial charge on any atom is -0.493 e. The maximum atomic E-state index is 13.1. The largest absolute Gasteiger partial charge is 0.493 e. The van der Waals surface area contributed by atoms with Crippen LogP contribution < -0.4 is 31.4 Å². The van der Waals surface area contributed by atoms with Crippen molar-refractivity contribution in [3.63, 3.8) is 0 Å². The quantitative estimate of drug-likeness (QED) is 0.192. The fourth-order valence-corrected chi connectivity index (χ4v) is 3.33. The third-order valence-electron chi connectivity index (χ3n) is 4.64. The zero-order valence-electron chi connectivity index (χ0n) is 17.8. The number of carbonyl (C=O) groups excluding carboxylic acids is 2. The van der Waals surface area contributed by atoms with Crippen LogP contribution in [-0.2, 0) is 4.79 Å². The monoisotopic (exact) mass is 471 g/mol. The molecule has 0 radical (unpaired) electrons. The highest BCUT2D eigenvalue weighted by atomic mass is 35.5. The molecule has 0 bridgehead atoms. The Kier molecular flexibility index (Phi) is 7.42. The molecule has 0 spiro atoms. The summed E-state index contributed by atoms with van der Waals surface area (Å²) in [5, 5.41) is 10.7. The first-order valence-electron chi connectivity index (χ1n) is 9.60. The molecule has 0 aliphatic carbocycles. The Hall–Kier alpha value is -4.18. The summed E-state index contributed by atoms with van der Waals surface area (Å²) in [5.74, 6) is -0.649. The van der Waals surface area contributed by atoms with Crippen LogP contribution in [0.4, 0.5) is 5.69 Å². The van der Waals surface area contributed by atoms with Gasteiger partial charge in [0.1, 0.15) is 11.9 Å². The predicted octanol–water partition coefficient (Wildman–Crippen LogP) is 2.85. The van der Waals surface area contributed by atoms with E-state index in [9.17, 15) is 9.59 Å². The van der Waals surface area contributed by atoms with Crippen LogP contribution in [0, 0.1) is 5.41 Å². The maximum absolute atomic E-state index is 13.1. The number of hydrogen-bond donors (Lipinski definition) is 5. The van der Waals surface area contributed by atoms with Crippen LogP contribution in [0.15, 0.2) is 59.2 Å². The van der Waals surface area contributed by atoms with Gasteiger partial charge in [0.2, 0.25) is 0 Å². The lowest BCUT2D eigenvalue weighted by atomic mass is 10.0. The number of hydrazine groups is 1. The minimum atomic E-state index is -1.04. The van der Waals surface area contributed by atoms with Crippen molar-refractivity contribution in [2.24, 2.45) is 5.73 Å². The van der Waals surface area contributed by atoms with Crippen molar-refractivity contribution in [1.82, 2.24) is 10.9 Å². The number of halogens is 1. The number of hydrogen-bond acceptors (Lipinski definition) is 7. The number of furan rings is 1. The Morgan fingerprint density at radius 1 is 1.06 bits per heavy atom. The molecule has 2 aromatic carbocycles. The second-order valence-corrected chi connectivity index (χ2v) is 7.07. The molecule has 3 rings (SSSR count). The molecule has 0 aliphatic heterocycles. The number of methoxy groups -OCH3 is 2. The third kappa shape index (κ3) is 5.36. The van der Waals surface area contributed by atoms with Crippen molar-refractivity contribution in [3.8, 4) is 11.5 Å². The molecule has 0 saturated heterocycles. The predicted molar refractivity (Wildman–Crippen MR) is 123 cm³/mol. The topological polar surface area (TPSA) is 152 Å². The molecule has 6 N–H and O–H groups in total. The molecule has 3 aromatic rings. The SMILES string of the molecule is COc1ccc(C(Nc2ccc(C(=N)N)cc2)C(=O)NNC(=O)c2ccco2)c(Cl)c1OC. The highest BCUT2D eigenvalue weighted by molar-refractivity contribution is 6.33. The molecule has 2 amide bonds. The lowest BCUT2D eigenvalue weighted by Crippen LogP contribution is -2.45. The Balaban J connectivity index is 1.91. The number of benzene rings is 2. The highest BCUT2D eigenvalue weighted by Gasteiger charge is 2.27. The summed E-state index contributed by atoms with van der Waals surface area (Å²) in [7, 11) is 2.90. The van der Waals surface area contributed by atoms with Gasteiger partial charge < -0.3 is 24.9 Å². The summed E-state index contributed by atoms with van der Waals surface area (Å²) in [6.07, 6.45) is 1.34. The van der Waals surface area contributed by atoms with Gasteiger partial charge in [0, 0.05) is 16.8 Å². The number of amides is 2. The number of nitrogens with two attached hydrogens (primary N) is 1. The van der Waals surface area contributed by atoms with E-state index >= 15 is 0 Å². The van der Waals surface area contributed by atoms with Crippen molar-refractivity contribution < 1.29 is 23.5 Å². The second kappa shape index (κ2) is 10.4. The van der Waals surface area contributed by atoms with Crippen molar-refractivity contribution in [2.75, 3.05) is 19.5 Å². The molecular weight excluding hydrogens is 450 g/mol. The summed E-state index contributed by atoms with van der Waals surface area (Å²) in [6.45, 7) is 0. The summed E-state index contributed by atoms with van der Waals surface area (Å²) < 4.78 is 15.6. The highest BCUT2D eigenvalue weighted by Crippen LogP contribution is 2.40. The fourth-order valence-electron chi connectivity index (χ4n) is 2.98. The van der Waals surface area contributed by atoms with Gasteiger partial charge in [-0.15, -0.1) is 0 Å². The van der Waals surface area contributed by atoms with Gasteiger partial charge in [0.25, 0.3) is 5.91 Å². The number of nitrogen functional groups attached to an aromatic ring is 1. The fraction of sp³-hybridized carbons (Fsp3) is 0.136. The van der Waals surface area contributed by atoms with Crippen LogP contribution in [-0.4, -0.2) is 31.9 Å². The van der Waals surface area contributed by atoms with E-state index in [1.807, 2.05) is 0 Å². The first kappa shape index (κ1) is 23.5. The lowest BCUT2D eigenvalue weighted by molar-refractivity contribution is -0.122. The van der Waals surface area contributed by atoms with E-state index < -0.39 is 17.9 Å². The van der Waals surface area contributed by atoms with Crippen LogP contribution in [0.1, 0.15) is 27.7 Å². The van der Waals surface area contributed by atoms with Crippen LogP contribution in [0.25, 0.3) is 0 Å². The molecule has 33 heavy (non-hydrogen) atoms. The van der Waals surface area contributed by atoms with E-state index in [4.69, 9.17) is 36.6 Å². The van der Waals surface area contributed by atoms with Gasteiger partial charge in [-0.05, 0) is 42.5 Å². The number of amidine groups is 1. The van der Waals surface area contributed by atoms with E-state index in [1.54, 1.807) is 42.5 Å². The van der Waals surface area contributed by atoms with Gasteiger partial charge >= 0.3 is 5.91 Å². The minimum absolute atomic E-state index is 0.0313. The summed E-state index contributed by atoms with van der Waals surface area (Å²) in [5.41, 5.74) is 11.6. The van der Waals surface area contributed by atoms with Crippen LogP contribution in [0.3, 0.4) is 0 Å². The molecular formula is C22H22ClN5O5. The number of carbonyl (C=O) groups is 2. The Morgan fingerprint density at radius 3 is 2.36 bits per heavy atom. The van der Waals surface area contributed by atoms with E-state index in [0.717, 1.165) is 0 Å². The average molecular weight is 472 g/mol. The third-order valence-corrected chi connectivity index (χ3v) is 5.03. The normalized spacial score (nSPS) is 11.2. The second-order valence-electron chi connectivity index (χ2n) is 6.69. The van der Waals surface area contributed by atoms with Gasteiger partial charge in [0.15, 0.2) is 17.3 Å². The molecule has 1 heterocycles. The van der Waals surface area contributed by atoms with Crippen LogP contribution in [0.5, 0.6) is 11.5 Å². The molecule has 11 heteroatoms. The number of ether oxygens (including phenoxy) is 2. The standard InChI is InChI=1S/C22H22ClN5O5/c1-31-15-10-9-14(17(23)19(15)32-2)18(26-13-7-5-12(6-8-13)20(24)25)22(30)28-27-21(29)16-4-3-11-33-16/h3-11,18,26H,1-2H3,(H3,24,25)(H,27,29)(H,28,30). The van der Waals surface area contributed by atoms with Crippen molar-refractivity contribution in [1.29, 1.82) is 5.41 Å². The average Bonchev–Trinajstić information content (AvgIpc) is 3.36. The van der Waals surface area contributed by atoms with Crippen molar-refractivity contribution in [2.45, 2.75) is 6.04 Å². The van der Waals surface area contributed by atoms with Gasteiger partial charge in [-0.2, -0.15) is 0 Å². The van der Waals surface area contributed by atoms with E-state index in [0.29, 0.717) is 22.6 Å². The van der Waals surface area contributed by atoms with E-state index in [-0.39, 0.29) is 22.4 Å². The molecule has 1 atom stereocenters. The maximum Gasteiger partial charge on any atom is 0.305 e. The molecule has 1 unspecified atom stereocenters. The Morgan fingerprint density at radius 2 is 1.79 bits per heavy atom. The van der Waals surface area contributed by atoms with Gasteiger partial charge in [-0.25, -0.2) is 0 Å². The number of rotatable bonds is 8. The lowest BCUT2D eigenvalue weighted by Gasteiger charge is -2.22. The summed E-state index contributed by atoms with van der Waals surface area (Å²) in [4.78, 5) is 25.2. The first-order chi connectivity index (χ1) is 15.8. The smallest absolute Gasteiger partial charge is 0.305 e. The van der Waals surface area contributed by atoms with Gasteiger partial charge in [0.05, 0.1) is 25.5 Å². The van der Waals surface area contributed by atoms with Crippen LogP contribution >= 0.6 is 11.6 Å². The summed E-state index contributed by atoms with van der Waals surface area (Å²) >= 11 is 6.54. The van der Waals surface area contributed by atoms with E-state index in [1.165, 1.54) is 26.5 Å². The zero-order chi connectivity index (χ0) is 24.0. The molecule has 172 valence electrons. The van der Waals surface area contributed by atoms with Crippen molar-refractivity contribution in [3.05, 3.63) is 76.7 Å². The Bertz CT molecular complexity index is 1150. The number of anilines is 1. The number of nitrogens with one attached hydrogen (secondary N) is 4. The van der Waals surface area contributed by atoms with Crippen LogP contribution in [0.2, 0.25) is 5.02 Å². The van der Waals surface area contributed by atoms with Gasteiger partial charge in [-0.1, -0.05) is 17.7 Å². The molecule has 1 aromatic heterocycles. The van der Waals surface area contributed by atoms with Crippen molar-refractivity contribution >= 4 is 34.9 Å². The Labute approximate surface area is 194 Å². The molecule has 0 aliphatic rings. The first-order valence-corrected chi connectivity index (χ1v) is 9.98.